The molecule has 0 N–H and O–H groups in total. The highest BCUT2D eigenvalue weighted by Gasteiger charge is 2.31. The Balaban J connectivity index is 2.18. The Bertz CT molecular complexity index is 533. The number of alkyl halides is 1. The van der Waals surface area contributed by atoms with Crippen LogP contribution in [-0.4, -0.2) is 40.7 Å². The van der Waals surface area contributed by atoms with Crippen LogP contribution in [0.1, 0.15) is 25.6 Å². The van der Waals surface area contributed by atoms with Gasteiger partial charge in [-0.3, -0.25) is 0 Å². The number of piperidine rings is 1. The Kier molecular flexibility index (Phi) is 4.68. The summed E-state index contributed by atoms with van der Waals surface area (Å²) in [5.74, 6) is 1.33. The van der Waals surface area contributed by atoms with Crippen molar-refractivity contribution in [3.8, 4) is 0 Å². The van der Waals surface area contributed by atoms with Crippen molar-refractivity contribution in [1.82, 2.24) is 13.9 Å². The van der Waals surface area contributed by atoms with Crippen LogP contribution in [0, 0.1) is 12.8 Å². The second-order valence-corrected chi connectivity index (χ2v) is 7.45. The highest BCUT2D eigenvalue weighted by Crippen LogP contribution is 2.24. The molecular weight excluding hydrogens is 330 g/mol. The fraction of sp³-hybridized carbons (Fsp3) is 0.750. The molecule has 108 valence electrons. The number of nitrogens with zero attached hydrogens (tertiary/aromatic N) is 3. The van der Waals surface area contributed by atoms with Crippen molar-refractivity contribution in [1.29, 1.82) is 0 Å². The molecule has 1 aromatic rings. The van der Waals surface area contributed by atoms with Gasteiger partial charge in [0.25, 0.3) is 10.0 Å². The average molecular weight is 350 g/mol. The van der Waals surface area contributed by atoms with E-state index < -0.39 is 10.0 Å². The van der Waals surface area contributed by atoms with Crippen molar-refractivity contribution < 1.29 is 8.42 Å². The highest BCUT2D eigenvalue weighted by atomic mass is 79.9. The topological polar surface area (TPSA) is 55.2 Å². The molecule has 0 radical (unpaired) electrons. The Morgan fingerprint density at radius 1 is 1.42 bits per heavy atom. The van der Waals surface area contributed by atoms with E-state index in [0.717, 1.165) is 30.5 Å². The molecule has 0 aliphatic carbocycles. The van der Waals surface area contributed by atoms with E-state index >= 15 is 0 Å². The van der Waals surface area contributed by atoms with Gasteiger partial charge in [0, 0.05) is 31.2 Å². The van der Waals surface area contributed by atoms with Gasteiger partial charge < -0.3 is 4.57 Å². The molecule has 2 heterocycles. The van der Waals surface area contributed by atoms with Gasteiger partial charge in [0.05, 0.1) is 0 Å². The standard InChI is InChI=1S/C12H20BrN3O2S/c1-3-15-9-12(14-10(15)2)19(17,18)16-6-4-11(8-13)5-7-16/h9,11H,3-8H2,1-2H3. The summed E-state index contributed by atoms with van der Waals surface area (Å²) in [5, 5.41) is 1.13. The van der Waals surface area contributed by atoms with E-state index in [2.05, 4.69) is 20.9 Å². The molecule has 0 aromatic carbocycles. The number of aryl methyl sites for hydroxylation is 2. The minimum absolute atomic E-state index is 0.184. The molecule has 1 aliphatic heterocycles. The van der Waals surface area contributed by atoms with Crippen LogP contribution in [0.15, 0.2) is 11.2 Å². The largest absolute Gasteiger partial charge is 0.334 e. The molecule has 0 saturated carbocycles. The van der Waals surface area contributed by atoms with Gasteiger partial charge in [0.2, 0.25) is 0 Å². The predicted octanol–water partition coefficient (Wildman–Crippen LogP) is 2.01. The quantitative estimate of drug-likeness (QED) is 0.781. The number of halogens is 1. The fourth-order valence-electron chi connectivity index (χ4n) is 2.36. The van der Waals surface area contributed by atoms with E-state index in [1.54, 1.807) is 10.5 Å². The van der Waals surface area contributed by atoms with E-state index in [1.807, 2.05) is 18.4 Å². The van der Waals surface area contributed by atoms with Crippen molar-refractivity contribution in [2.45, 2.75) is 38.3 Å². The molecule has 0 spiro atoms. The summed E-state index contributed by atoms with van der Waals surface area (Å²) in [6, 6.07) is 0. The first-order valence-electron chi connectivity index (χ1n) is 6.59. The lowest BCUT2D eigenvalue weighted by molar-refractivity contribution is 0.291. The van der Waals surface area contributed by atoms with Crippen LogP contribution < -0.4 is 0 Å². The zero-order valence-corrected chi connectivity index (χ0v) is 13.7. The lowest BCUT2D eigenvalue weighted by Crippen LogP contribution is -2.38. The van der Waals surface area contributed by atoms with Gasteiger partial charge in [0.15, 0.2) is 5.03 Å². The number of imidazole rings is 1. The first-order chi connectivity index (χ1) is 8.98. The second-order valence-electron chi connectivity index (χ2n) is 4.91. The third-order valence-electron chi connectivity index (χ3n) is 3.69. The highest BCUT2D eigenvalue weighted by molar-refractivity contribution is 9.09. The van der Waals surface area contributed by atoms with Crippen LogP contribution in [-0.2, 0) is 16.6 Å². The monoisotopic (exact) mass is 349 g/mol. The molecule has 7 heteroatoms. The predicted molar refractivity (Wildman–Crippen MR) is 77.9 cm³/mol. The van der Waals surface area contributed by atoms with Crippen LogP contribution >= 0.6 is 15.9 Å². The minimum Gasteiger partial charge on any atom is -0.334 e. The molecule has 0 bridgehead atoms. The Morgan fingerprint density at radius 2 is 2.05 bits per heavy atom. The van der Waals surface area contributed by atoms with Crippen LogP contribution in [0.4, 0.5) is 0 Å². The van der Waals surface area contributed by atoms with Gasteiger partial charge in [-0.25, -0.2) is 13.4 Å². The molecule has 1 aromatic heterocycles. The van der Waals surface area contributed by atoms with E-state index in [0.29, 0.717) is 19.0 Å². The maximum Gasteiger partial charge on any atom is 0.262 e. The summed E-state index contributed by atoms with van der Waals surface area (Å²) in [6.45, 7) is 5.74. The van der Waals surface area contributed by atoms with Gasteiger partial charge in [-0.1, -0.05) is 15.9 Å². The number of sulfonamides is 1. The Hall–Kier alpha value is -0.400. The van der Waals surface area contributed by atoms with Crippen LogP contribution in [0.3, 0.4) is 0 Å². The van der Waals surface area contributed by atoms with E-state index in [-0.39, 0.29) is 5.03 Å². The number of rotatable bonds is 4. The Morgan fingerprint density at radius 3 is 2.53 bits per heavy atom. The molecule has 5 nitrogen and oxygen atoms in total. The van der Waals surface area contributed by atoms with Crippen molar-refractivity contribution in [2.24, 2.45) is 5.92 Å². The summed E-state index contributed by atoms with van der Waals surface area (Å²) >= 11 is 3.46. The summed E-state index contributed by atoms with van der Waals surface area (Å²) in [7, 11) is -3.42. The molecule has 1 aliphatic rings. The Labute approximate surface area is 123 Å². The van der Waals surface area contributed by atoms with Crippen LogP contribution in [0.25, 0.3) is 0 Å². The van der Waals surface area contributed by atoms with E-state index in [9.17, 15) is 8.42 Å². The molecule has 19 heavy (non-hydrogen) atoms. The third-order valence-corrected chi connectivity index (χ3v) is 6.38. The van der Waals surface area contributed by atoms with E-state index in [4.69, 9.17) is 0 Å². The van der Waals surface area contributed by atoms with Crippen molar-refractivity contribution in [2.75, 3.05) is 18.4 Å². The molecular formula is C12H20BrN3O2S. The number of hydrogen-bond acceptors (Lipinski definition) is 3. The number of aromatic nitrogens is 2. The third kappa shape index (κ3) is 3.03. The summed E-state index contributed by atoms with van der Waals surface area (Å²) in [6.07, 6.45) is 3.47. The first-order valence-corrected chi connectivity index (χ1v) is 9.15. The molecule has 1 saturated heterocycles. The maximum atomic E-state index is 12.5. The zero-order valence-electron chi connectivity index (χ0n) is 11.3. The average Bonchev–Trinajstić information content (AvgIpc) is 2.81. The van der Waals surface area contributed by atoms with Gasteiger partial charge in [-0.05, 0) is 32.6 Å². The van der Waals surface area contributed by atoms with Gasteiger partial charge in [-0.2, -0.15) is 4.31 Å². The molecule has 2 rings (SSSR count). The second kappa shape index (κ2) is 5.93. The lowest BCUT2D eigenvalue weighted by atomic mass is 10.0. The first kappa shape index (κ1) is 15.0. The van der Waals surface area contributed by atoms with Crippen molar-refractivity contribution in [3.63, 3.8) is 0 Å². The lowest BCUT2D eigenvalue weighted by Gasteiger charge is -2.29. The van der Waals surface area contributed by atoms with E-state index in [1.165, 1.54) is 0 Å². The van der Waals surface area contributed by atoms with Gasteiger partial charge >= 0.3 is 0 Å². The van der Waals surface area contributed by atoms with Crippen LogP contribution in [0.5, 0.6) is 0 Å². The summed E-state index contributed by atoms with van der Waals surface area (Å²) in [4.78, 5) is 4.19. The minimum atomic E-state index is -3.42. The van der Waals surface area contributed by atoms with Crippen LogP contribution in [0.2, 0.25) is 0 Å². The summed E-state index contributed by atoms with van der Waals surface area (Å²) < 4.78 is 28.4. The normalized spacial score (nSPS) is 18.9. The zero-order chi connectivity index (χ0) is 14.0. The SMILES string of the molecule is CCn1cc(S(=O)(=O)N2CCC(CBr)CC2)nc1C. The van der Waals surface area contributed by atoms with Crippen molar-refractivity contribution in [3.05, 3.63) is 12.0 Å². The van der Waals surface area contributed by atoms with Gasteiger partial charge in [0.1, 0.15) is 5.82 Å². The van der Waals surface area contributed by atoms with Gasteiger partial charge in [-0.15, -0.1) is 0 Å². The van der Waals surface area contributed by atoms with Crippen molar-refractivity contribution >= 4 is 26.0 Å². The number of hydrogen-bond donors (Lipinski definition) is 0. The maximum absolute atomic E-state index is 12.5. The summed E-state index contributed by atoms with van der Waals surface area (Å²) in [5.41, 5.74) is 0. The fourth-order valence-corrected chi connectivity index (χ4v) is 4.47. The molecule has 0 amide bonds. The molecule has 0 atom stereocenters. The smallest absolute Gasteiger partial charge is 0.262 e. The molecule has 1 fully saturated rings. The molecule has 0 unspecified atom stereocenters.